The first-order valence-corrected chi connectivity index (χ1v) is 10.2. The van der Waals surface area contributed by atoms with Crippen LogP contribution in [-0.2, 0) is 0 Å². The summed E-state index contributed by atoms with van der Waals surface area (Å²) in [7, 11) is 0. The molecule has 0 radical (unpaired) electrons. The van der Waals surface area contributed by atoms with E-state index in [0.717, 1.165) is 22.1 Å². The van der Waals surface area contributed by atoms with Crippen LogP contribution in [0, 0.1) is 0 Å². The van der Waals surface area contributed by atoms with E-state index in [1.165, 1.54) is 11.3 Å². The molecule has 140 valence electrons. The van der Waals surface area contributed by atoms with E-state index in [2.05, 4.69) is 27.6 Å². The van der Waals surface area contributed by atoms with Gasteiger partial charge in [-0.25, -0.2) is 0 Å². The minimum atomic E-state index is -0.397. The Balaban J connectivity index is 1.45. The van der Waals surface area contributed by atoms with Gasteiger partial charge in [0.05, 0.1) is 0 Å². The van der Waals surface area contributed by atoms with E-state index in [9.17, 15) is 4.79 Å². The summed E-state index contributed by atoms with van der Waals surface area (Å²) in [6.45, 7) is 3.13. The van der Waals surface area contributed by atoms with Gasteiger partial charge in [-0.05, 0) is 24.6 Å². The normalized spacial score (nSPS) is 12.8. The van der Waals surface area contributed by atoms with Gasteiger partial charge in [-0.3, -0.25) is 10.1 Å². The number of nitrogens with one attached hydrogen (secondary N) is 1. The van der Waals surface area contributed by atoms with Crippen molar-refractivity contribution >= 4 is 34.1 Å². The standard InChI is InChI=1S/C17H16N4O4S2/c1-2-7-26-17-20-19-16(27-17)18-15(22)11-9-13(25-21-11)10-3-4-12-14(8-10)24-6-5-23-12/h3-4,8-9H,2,5-7H2,1H3,(H,18,19,22). The molecule has 4 rings (SSSR count). The van der Waals surface area contributed by atoms with Crippen molar-refractivity contribution in [2.75, 3.05) is 24.3 Å². The van der Waals surface area contributed by atoms with Gasteiger partial charge >= 0.3 is 0 Å². The Labute approximate surface area is 163 Å². The van der Waals surface area contributed by atoms with Gasteiger partial charge < -0.3 is 14.0 Å². The molecule has 1 N–H and O–H groups in total. The molecule has 1 amide bonds. The zero-order valence-electron chi connectivity index (χ0n) is 14.4. The van der Waals surface area contributed by atoms with Crippen molar-refractivity contribution in [2.24, 2.45) is 0 Å². The highest BCUT2D eigenvalue weighted by Gasteiger charge is 2.18. The van der Waals surface area contributed by atoms with Gasteiger partial charge in [-0.1, -0.05) is 35.2 Å². The number of hydrogen-bond acceptors (Lipinski definition) is 9. The third-order valence-corrected chi connectivity index (χ3v) is 5.80. The third kappa shape index (κ3) is 4.06. The SMILES string of the molecule is CCCSc1nnc(NC(=O)c2cc(-c3ccc4c(c3)OCCO4)on2)s1. The molecule has 3 heterocycles. The summed E-state index contributed by atoms with van der Waals surface area (Å²) in [5.41, 5.74) is 0.915. The highest BCUT2D eigenvalue weighted by atomic mass is 32.2. The summed E-state index contributed by atoms with van der Waals surface area (Å²) in [5, 5.41) is 15.0. The van der Waals surface area contributed by atoms with Crippen molar-refractivity contribution in [3.8, 4) is 22.8 Å². The summed E-state index contributed by atoms with van der Waals surface area (Å²) in [5.74, 6) is 2.37. The fourth-order valence-electron chi connectivity index (χ4n) is 2.38. The molecular weight excluding hydrogens is 388 g/mol. The molecule has 0 spiro atoms. The molecule has 1 aromatic carbocycles. The first-order valence-electron chi connectivity index (χ1n) is 8.37. The molecule has 27 heavy (non-hydrogen) atoms. The lowest BCUT2D eigenvalue weighted by Crippen LogP contribution is -2.15. The maximum atomic E-state index is 12.4. The fourth-order valence-corrected chi connectivity index (χ4v) is 4.06. The van der Waals surface area contributed by atoms with Crippen molar-refractivity contribution in [1.82, 2.24) is 15.4 Å². The van der Waals surface area contributed by atoms with Crippen LogP contribution in [0.2, 0.25) is 0 Å². The number of aromatic nitrogens is 3. The lowest BCUT2D eigenvalue weighted by molar-refractivity contribution is 0.101. The summed E-state index contributed by atoms with van der Waals surface area (Å²) in [4.78, 5) is 12.4. The van der Waals surface area contributed by atoms with E-state index in [0.29, 0.717) is 35.6 Å². The number of ether oxygens (including phenoxy) is 2. The van der Waals surface area contributed by atoms with E-state index in [-0.39, 0.29) is 5.69 Å². The quantitative estimate of drug-likeness (QED) is 0.490. The predicted molar refractivity (Wildman–Crippen MR) is 102 cm³/mol. The smallest absolute Gasteiger partial charge is 0.279 e. The Bertz CT molecular complexity index is 956. The van der Waals surface area contributed by atoms with Crippen LogP contribution in [0.1, 0.15) is 23.8 Å². The Morgan fingerprint density at radius 1 is 1.22 bits per heavy atom. The van der Waals surface area contributed by atoms with E-state index < -0.39 is 5.91 Å². The fraction of sp³-hybridized carbons (Fsp3) is 0.294. The van der Waals surface area contributed by atoms with E-state index >= 15 is 0 Å². The first-order chi connectivity index (χ1) is 13.2. The predicted octanol–water partition coefficient (Wildman–Crippen LogP) is 3.72. The maximum Gasteiger partial charge on any atom is 0.279 e. The summed E-state index contributed by atoms with van der Waals surface area (Å²) in [6, 6.07) is 7.02. The van der Waals surface area contributed by atoms with Gasteiger partial charge in [-0.2, -0.15) is 0 Å². The molecule has 3 aromatic rings. The molecule has 0 saturated heterocycles. The molecule has 0 unspecified atom stereocenters. The Hall–Kier alpha value is -2.59. The molecule has 0 saturated carbocycles. The number of anilines is 1. The summed E-state index contributed by atoms with van der Waals surface area (Å²) < 4.78 is 17.2. The second kappa shape index (κ2) is 7.97. The minimum Gasteiger partial charge on any atom is -0.486 e. The monoisotopic (exact) mass is 404 g/mol. The second-order valence-corrected chi connectivity index (χ2v) is 7.93. The van der Waals surface area contributed by atoms with Gasteiger partial charge in [0.1, 0.15) is 13.2 Å². The maximum absolute atomic E-state index is 12.4. The number of carbonyl (C=O) groups is 1. The second-order valence-electron chi connectivity index (χ2n) is 5.61. The Kier molecular flexibility index (Phi) is 5.26. The van der Waals surface area contributed by atoms with Crippen LogP contribution in [0.5, 0.6) is 11.5 Å². The highest BCUT2D eigenvalue weighted by molar-refractivity contribution is 8.01. The van der Waals surface area contributed by atoms with Gasteiger partial charge in [-0.15, -0.1) is 10.2 Å². The van der Waals surface area contributed by atoms with Crippen LogP contribution in [-0.4, -0.2) is 40.2 Å². The molecule has 0 fully saturated rings. The zero-order chi connectivity index (χ0) is 18.6. The van der Waals surface area contributed by atoms with Crippen molar-refractivity contribution < 1.29 is 18.8 Å². The molecule has 8 nitrogen and oxygen atoms in total. The highest BCUT2D eigenvalue weighted by Crippen LogP contribution is 2.34. The number of hydrogen-bond donors (Lipinski definition) is 1. The number of benzene rings is 1. The number of thioether (sulfide) groups is 1. The van der Waals surface area contributed by atoms with Crippen LogP contribution in [0.3, 0.4) is 0 Å². The molecule has 1 aliphatic heterocycles. The molecule has 1 aliphatic rings. The first kappa shape index (κ1) is 17.8. The lowest BCUT2D eigenvalue weighted by atomic mass is 10.1. The van der Waals surface area contributed by atoms with Gasteiger partial charge in [0.15, 0.2) is 27.3 Å². The van der Waals surface area contributed by atoms with Crippen molar-refractivity contribution in [1.29, 1.82) is 0 Å². The average molecular weight is 404 g/mol. The Morgan fingerprint density at radius 2 is 2.07 bits per heavy atom. The van der Waals surface area contributed by atoms with Crippen molar-refractivity contribution in [3.63, 3.8) is 0 Å². The lowest BCUT2D eigenvalue weighted by Gasteiger charge is -2.18. The number of amides is 1. The summed E-state index contributed by atoms with van der Waals surface area (Å²) in [6.07, 6.45) is 1.05. The molecule has 0 atom stereocenters. The largest absolute Gasteiger partial charge is 0.486 e. The van der Waals surface area contributed by atoms with Crippen LogP contribution in [0.15, 0.2) is 33.1 Å². The number of carbonyl (C=O) groups excluding carboxylic acids is 1. The van der Waals surface area contributed by atoms with Crippen LogP contribution < -0.4 is 14.8 Å². The molecular formula is C17H16N4O4S2. The van der Waals surface area contributed by atoms with E-state index in [1.54, 1.807) is 23.9 Å². The minimum absolute atomic E-state index is 0.165. The Morgan fingerprint density at radius 3 is 2.93 bits per heavy atom. The van der Waals surface area contributed by atoms with E-state index in [1.807, 2.05) is 12.1 Å². The molecule has 0 bridgehead atoms. The van der Waals surface area contributed by atoms with E-state index in [4.69, 9.17) is 14.0 Å². The van der Waals surface area contributed by atoms with Gasteiger partial charge in [0, 0.05) is 17.4 Å². The topological polar surface area (TPSA) is 99.4 Å². The van der Waals surface area contributed by atoms with Crippen molar-refractivity contribution in [3.05, 3.63) is 30.0 Å². The average Bonchev–Trinajstić information content (AvgIpc) is 3.36. The van der Waals surface area contributed by atoms with Gasteiger partial charge in [0.25, 0.3) is 5.91 Å². The number of rotatable bonds is 6. The summed E-state index contributed by atoms with van der Waals surface area (Å²) >= 11 is 2.95. The molecule has 2 aromatic heterocycles. The van der Waals surface area contributed by atoms with Crippen LogP contribution >= 0.6 is 23.1 Å². The van der Waals surface area contributed by atoms with Gasteiger partial charge in [0.2, 0.25) is 5.13 Å². The van der Waals surface area contributed by atoms with Crippen LogP contribution in [0.25, 0.3) is 11.3 Å². The molecule has 10 heteroatoms. The van der Waals surface area contributed by atoms with Crippen molar-refractivity contribution in [2.45, 2.75) is 17.7 Å². The molecule has 0 aliphatic carbocycles. The third-order valence-electron chi connectivity index (χ3n) is 3.63. The zero-order valence-corrected chi connectivity index (χ0v) is 16.1. The number of nitrogens with zero attached hydrogens (tertiary/aromatic N) is 3. The van der Waals surface area contributed by atoms with Crippen LogP contribution in [0.4, 0.5) is 5.13 Å². The number of fused-ring (bicyclic) bond motifs is 1.